The van der Waals surface area contributed by atoms with Gasteiger partial charge in [0.1, 0.15) is 11.7 Å². The molecule has 0 fully saturated rings. The fraction of sp³-hybridized carbons (Fsp3) is 0.318. The number of nitrogens with zero attached hydrogens (tertiary/aromatic N) is 2. The zero-order valence-electron chi connectivity index (χ0n) is 17.1. The number of likely N-dealkylation sites (N-methyl/N-ethyl adjacent to an activating group) is 1. The van der Waals surface area contributed by atoms with Gasteiger partial charge in [-0.15, -0.1) is 11.3 Å². The highest BCUT2D eigenvalue weighted by Crippen LogP contribution is 2.36. The van der Waals surface area contributed by atoms with Crippen molar-refractivity contribution in [1.82, 2.24) is 4.98 Å². The van der Waals surface area contributed by atoms with Crippen molar-refractivity contribution >= 4 is 55.3 Å². The smallest absolute Gasteiger partial charge is 0.172 e. The second kappa shape index (κ2) is 10.2. The first-order valence-corrected chi connectivity index (χ1v) is 11.0. The highest BCUT2D eigenvalue weighted by atomic mass is 79.9. The van der Waals surface area contributed by atoms with E-state index in [-0.39, 0.29) is 12.4 Å². The Kier molecular flexibility index (Phi) is 7.69. The number of ether oxygens (including phenoxy) is 2. The first-order chi connectivity index (χ1) is 14.4. The Labute approximate surface area is 187 Å². The van der Waals surface area contributed by atoms with Crippen molar-refractivity contribution in [3.63, 3.8) is 0 Å². The van der Waals surface area contributed by atoms with Gasteiger partial charge in [0.05, 0.1) is 35.0 Å². The Morgan fingerprint density at radius 3 is 2.77 bits per heavy atom. The summed E-state index contributed by atoms with van der Waals surface area (Å²) in [7, 11) is 3.53. The SMILES string of the molecule is COc1cc(/C=C/c2nc3cc(C)c(N(C)CCOCCF)cc3s2)cc(Br)c1O. The number of thiazole rings is 1. The number of fused-ring (bicyclic) bond motifs is 1. The van der Waals surface area contributed by atoms with Crippen molar-refractivity contribution < 1.29 is 19.0 Å². The average Bonchev–Trinajstić information content (AvgIpc) is 3.12. The highest BCUT2D eigenvalue weighted by Gasteiger charge is 2.11. The fourth-order valence-corrected chi connectivity index (χ4v) is 4.40. The maximum atomic E-state index is 12.2. The van der Waals surface area contributed by atoms with Crippen LogP contribution in [0.25, 0.3) is 22.4 Å². The van der Waals surface area contributed by atoms with Gasteiger partial charge in [-0.3, -0.25) is 0 Å². The summed E-state index contributed by atoms with van der Waals surface area (Å²) in [6.07, 6.45) is 3.89. The van der Waals surface area contributed by atoms with E-state index in [1.54, 1.807) is 17.4 Å². The molecule has 160 valence electrons. The third-order valence-corrected chi connectivity index (χ3v) is 6.20. The zero-order chi connectivity index (χ0) is 21.7. The van der Waals surface area contributed by atoms with Gasteiger partial charge in [-0.25, -0.2) is 9.37 Å². The number of aromatic hydroxyl groups is 1. The first kappa shape index (κ1) is 22.5. The molecule has 0 aliphatic heterocycles. The largest absolute Gasteiger partial charge is 0.503 e. The van der Waals surface area contributed by atoms with Crippen molar-refractivity contribution in [2.45, 2.75) is 6.92 Å². The molecule has 0 saturated heterocycles. The summed E-state index contributed by atoms with van der Waals surface area (Å²) in [5.74, 6) is 0.490. The lowest BCUT2D eigenvalue weighted by Crippen LogP contribution is -2.23. The van der Waals surface area contributed by atoms with Crippen LogP contribution in [-0.4, -0.2) is 50.7 Å². The molecule has 1 N–H and O–H groups in total. The van der Waals surface area contributed by atoms with E-state index in [4.69, 9.17) is 14.5 Å². The lowest BCUT2D eigenvalue weighted by Gasteiger charge is -2.21. The number of hydrogen-bond acceptors (Lipinski definition) is 6. The number of methoxy groups -OCH3 is 1. The number of alkyl halides is 1. The molecule has 0 saturated carbocycles. The summed E-state index contributed by atoms with van der Waals surface area (Å²) < 4.78 is 24.3. The molecule has 0 radical (unpaired) electrons. The monoisotopic (exact) mass is 494 g/mol. The molecular formula is C22H24BrFN2O3S. The van der Waals surface area contributed by atoms with Gasteiger partial charge >= 0.3 is 0 Å². The molecule has 8 heteroatoms. The first-order valence-electron chi connectivity index (χ1n) is 9.43. The molecule has 3 aromatic rings. The molecule has 2 aromatic carbocycles. The van der Waals surface area contributed by atoms with E-state index in [9.17, 15) is 9.50 Å². The molecule has 30 heavy (non-hydrogen) atoms. The summed E-state index contributed by atoms with van der Waals surface area (Å²) in [6.45, 7) is 2.91. The summed E-state index contributed by atoms with van der Waals surface area (Å²) in [5.41, 5.74) is 4.08. The Bertz CT molecular complexity index is 1050. The van der Waals surface area contributed by atoms with Crippen LogP contribution in [0.15, 0.2) is 28.7 Å². The Morgan fingerprint density at radius 2 is 2.03 bits per heavy atom. The zero-order valence-corrected chi connectivity index (χ0v) is 19.5. The number of aryl methyl sites for hydroxylation is 1. The molecule has 0 aliphatic rings. The molecule has 1 aromatic heterocycles. The van der Waals surface area contributed by atoms with E-state index in [2.05, 4.69) is 39.9 Å². The van der Waals surface area contributed by atoms with Gasteiger partial charge < -0.3 is 19.5 Å². The van der Waals surface area contributed by atoms with Gasteiger partial charge in [0.15, 0.2) is 11.5 Å². The predicted molar refractivity (Wildman–Crippen MR) is 126 cm³/mol. The molecule has 0 bridgehead atoms. The van der Waals surface area contributed by atoms with Crippen molar-refractivity contribution in [3.05, 3.63) is 44.9 Å². The normalized spacial score (nSPS) is 11.5. The van der Waals surface area contributed by atoms with Crippen LogP contribution in [0.5, 0.6) is 11.5 Å². The van der Waals surface area contributed by atoms with E-state index in [0.29, 0.717) is 23.4 Å². The molecule has 3 rings (SSSR count). The Hall–Kier alpha value is -2.16. The number of anilines is 1. The van der Waals surface area contributed by atoms with Crippen LogP contribution in [0, 0.1) is 6.92 Å². The number of phenolic OH excluding ortho intramolecular Hbond substituents is 1. The van der Waals surface area contributed by atoms with E-state index in [1.807, 2.05) is 25.3 Å². The molecule has 1 heterocycles. The maximum absolute atomic E-state index is 12.2. The van der Waals surface area contributed by atoms with E-state index in [0.717, 1.165) is 32.0 Å². The Balaban J connectivity index is 1.80. The van der Waals surface area contributed by atoms with Gasteiger partial charge in [-0.05, 0) is 64.3 Å². The maximum Gasteiger partial charge on any atom is 0.172 e. The second-order valence-corrected chi connectivity index (χ2v) is 8.68. The van der Waals surface area contributed by atoms with Crippen LogP contribution >= 0.6 is 27.3 Å². The number of rotatable bonds is 9. The molecule has 0 unspecified atom stereocenters. The van der Waals surface area contributed by atoms with E-state index in [1.165, 1.54) is 7.11 Å². The summed E-state index contributed by atoms with van der Waals surface area (Å²) >= 11 is 4.95. The van der Waals surface area contributed by atoms with Crippen LogP contribution in [0.3, 0.4) is 0 Å². The van der Waals surface area contributed by atoms with Gasteiger partial charge in [-0.2, -0.15) is 0 Å². The predicted octanol–water partition coefficient (Wildman–Crippen LogP) is 5.67. The van der Waals surface area contributed by atoms with Crippen LogP contribution in [-0.2, 0) is 4.74 Å². The van der Waals surface area contributed by atoms with Crippen molar-refractivity contribution in [3.8, 4) is 11.5 Å². The molecule has 0 amide bonds. The minimum Gasteiger partial charge on any atom is -0.503 e. The second-order valence-electron chi connectivity index (χ2n) is 6.77. The average molecular weight is 495 g/mol. The van der Waals surface area contributed by atoms with Crippen LogP contribution in [0.1, 0.15) is 16.1 Å². The number of halogens is 2. The summed E-state index contributed by atoms with van der Waals surface area (Å²) in [5, 5.41) is 10.8. The van der Waals surface area contributed by atoms with Crippen molar-refractivity contribution in [1.29, 1.82) is 0 Å². The number of hydrogen-bond donors (Lipinski definition) is 1. The van der Waals surface area contributed by atoms with Crippen molar-refractivity contribution in [2.24, 2.45) is 0 Å². The summed E-state index contributed by atoms with van der Waals surface area (Å²) in [6, 6.07) is 7.81. The lowest BCUT2D eigenvalue weighted by atomic mass is 10.1. The summed E-state index contributed by atoms with van der Waals surface area (Å²) in [4.78, 5) is 6.83. The number of benzene rings is 2. The highest BCUT2D eigenvalue weighted by molar-refractivity contribution is 9.10. The van der Waals surface area contributed by atoms with Gasteiger partial charge in [-0.1, -0.05) is 6.08 Å². The van der Waals surface area contributed by atoms with Crippen molar-refractivity contribution in [2.75, 3.05) is 45.5 Å². The van der Waals surface area contributed by atoms with Gasteiger partial charge in [0.25, 0.3) is 0 Å². The molecule has 0 spiro atoms. The molecule has 0 atom stereocenters. The van der Waals surface area contributed by atoms with Gasteiger partial charge in [0.2, 0.25) is 0 Å². The number of aromatic nitrogens is 1. The standard InChI is InChI=1S/C22H24BrFN2O3S/c1-14-10-17-20(13-18(14)26(2)7-9-29-8-6-24)30-21(25-17)5-4-15-11-16(23)22(27)19(12-15)28-3/h4-5,10-13,27H,6-9H2,1-3H3/b5-4+. The topological polar surface area (TPSA) is 54.8 Å². The minimum atomic E-state index is -0.459. The van der Waals surface area contributed by atoms with Crippen LogP contribution < -0.4 is 9.64 Å². The minimum absolute atomic E-state index is 0.0804. The third-order valence-electron chi connectivity index (χ3n) is 4.62. The number of phenols is 1. The van der Waals surface area contributed by atoms with Gasteiger partial charge in [0, 0.05) is 19.3 Å². The molecular weight excluding hydrogens is 471 g/mol. The fourth-order valence-electron chi connectivity index (χ4n) is 3.06. The van der Waals surface area contributed by atoms with E-state index < -0.39 is 6.67 Å². The van der Waals surface area contributed by atoms with E-state index >= 15 is 0 Å². The van der Waals surface area contributed by atoms with Crippen LogP contribution in [0.4, 0.5) is 10.1 Å². The molecule has 0 aliphatic carbocycles. The molecule has 5 nitrogen and oxygen atoms in total. The van der Waals surface area contributed by atoms with Crippen LogP contribution in [0.2, 0.25) is 0 Å². The Morgan fingerprint density at radius 1 is 1.23 bits per heavy atom. The third kappa shape index (κ3) is 5.30. The quantitative estimate of drug-likeness (QED) is 0.388. The lowest BCUT2D eigenvalue weighted by molar-refractivity contribution is 0.125.